The van der Waals surface area contributed by atoms with Gasteiger partial charge in [-0.2, -0.15) is 0 Å². The third kappa shape index (κ3) is 3.40. The van der Waals surface area contributed by atoms with Crippen LogP contribution in [0.3, 0.4) is 0 Å². The van der Waals surface area contributed by atoms with Crippen molar-refractivity contribution in [3.05, 3.63) is 42.1 Å². The zero-order valence-corrected chi connectivity index (χ0v) is 15.3. The van der Waals surface area contributed by atoms with Crippen molar-refractivity contribution in [2.75, 3.05) is 25.1 Å². The standard InChI is InChI=1S/C18H21N7O2/c1-12-22-23-17-16(19-7-10-25(12)17)24-8-5-14(6-9-24)21-18(26)13-3-4-15(27-2)20-11-13/h3-4,7,10-11,14H,5-6,8-9H2,1-2H3,(H,21,26). The highest BCUT2D eigenvalue weighted by molar-refractivity contribution is 5.94. The molecule has 1 aliphatic heterocycles. The first-order valence-electron chi connectivity index (χ1n) is 8.88. The van der Waals surface area contributed by atoms with Gasteiger partial charge in [0.1, 0.15) is 5.82 Å². The van der Waals surface area contributed by atoms with E-state index in [2.05, 4.69) is 30.4 Å². The van der Waals surface area contributed by atoms with E-state index in [1.54, 1.807) is 25.4 Å². The number of amides is 1. The summed E-state index contributed by atoms with van der Waals surface area (Å²) in [6.07, 6.45) is 6.84. The monoisotopic (exact) mass is 367 g/mol. The van der Waals surface area contributed by atoms with Gasteiger partial charge in [-0.1, -0.05) is 0 Å². The molecule has 1 aliphatic rings. The first-order valence-corrected chi connectivity index (χ1v) is 8.88. The molecule has 1 fully saturated rings. The molecule has 9 nitrogen and oxygen atoms in total. The second kappa shape index (κ2) is 7.18. The van der Waals surface area contributed by atoms with Crippen molar-refractivity contribution < 1.29 is 9.53 Å². The van der Waals surface area contributed by atoms with Crippen molar-refractivity contribution >= 4 is 17.4 Å². The van der Waals surface area contributed by atoms with Gasteiger partial charge in [-0.15, -0.1) is 10.2 Å². The molecule has 9 heteroatoms. The van der Waals surface area contributed by atoms with Crippen molar-refractivity contribution in [1.29, 1.82) is 0 Å². The number of fused-ring (bicyclic) bond motifs is 1. The van der Waals surface area contributed by atoms with Crippen LogP contribution >= 0.6 is 0 Å². The van der Waals surface area contributed by atoms with Gasteiger partial charge in [0.05, 0.1) is 12.7 Å². The topological polar surface area (TPSA) is 97.5 Å². The van der Waals surface area contributed by atoms with Gasteiger partial charge in [0.25, 0.3) is 5.91 Å². The Morgan fingerprint density at radius 1 is 1.22 bits per heavy atom. The number of pyridine rings is 1. The Bertz CT molecular complexity index is 946. The molecule has 1 N–H and O–H groups in total. The minimum atomic E-state index is -0.114. The van der Waals surface area contributed by atoms with Crippen molar-refractivity contribution in [3.63, 3.8) is 0 Å². The zero-order valence-electron chi connectivity index (χ0n) is 15.3. The summed E-state index contributed by atoms with van der Waals surface area (Å²) in [5.41, 5.74) is 1.30. The molecule has 0 saturated carbocycles. The highest BCUT2D eigenvalue weighted by Gasteiger charge is 2.24. The first kappa shape index (κ1) is 17.2. The molecule has 0 aliphatic carbocycles. The first-order chi connectivity index (χ1) is 13.2. The molecular formula is C18H21N7O2. The van der Waals surface area contributed by atoms with Crippen molar-refractivity contribution in [2.45, 2.75) is 25.8 Å². The van der Waals surface area contributed by atoms with Crippen LogP contribution in [0.15, 0.2) is 30.7 Å². The number of piperidine rings is 1. The second-order valence-corrected chi connectivity index (χ2v) is 6.52. The molecule has 1 amide bonds. The van der Waals surface area contributed by atoms with E-state index >= 15 is 0 Å². The largest absolute Gasteiger partial charge is 0.481 e. The minimum absolute atomic E-state index is 0.114. The van der Waals surface area contributed by atoms with Crippen LogP contribution in [0.25, 0.3) is 5.65 Å². The quantitative estimate of drug-likeness (QED) is 0.741. The fourth-order valence-electron chi connectivity index (χ4n) is 3.29. The van der Waals surface area contributed by atoms with E-state index in [9.17, 15) is 4.79 Å². The summed E-state index contributed by atoms with van der Waals surface area (Å²) >= 11 is 0. The van der Waals surface area contributed by atoms with Crippen molar-refractivity contribution in [1.82, 2.24) is 29.9 Å². The van der Waals surface area contributed by atoms with Gasteiger partial charge in [-0.25, -0.2) is 9.97 Å². The van der Waals surface area contributed by atoms with Gasteiger partial charge >= 0.3 is 0 Å². The van der Waals surface area contributed by atoms with Gasteiger partial charge in [0, 0.05) is 43.8 Å². The lowest BCUT2D eigenvalue weighted by Gasteiger charge is -2.33. The van der Waals surface area contributed by atoms with Crippen LogP contribution < -0.4 is 15.0 Å². The summed E-state index contributed by atoms with van der Waals surface area (Å²) in [7, 11) is 1.55. The van der Waals surface area contributed by atoms with Crippen LogP contribution in [0.1, 0.15) is 29.0 Å². The fraction of sp³-hybridized carbons (Fsp3) is 0.389. The highest BCUT2D eigenvalue weighted by atomic mass is 16.5. The molecule has 1 saturated heterocycles. The number of ether oxygens (including phenoxy) is 1. The van der Waals surface area contributed by atoms with E-state index in [1.165, 1.54) is 6.20 Å². The van der Waals surface area contributed by atoms with Crippen molar-refractivity contribution in [2.24, 2.45) is 0 Å². The maximum absolute atomic E-state index is 12.4. The predicted molar refractivity (Wildman–Crippen MR) is 99.0 cm³/mol. The smallest absolute Gasteiger partial charge is 0.253 e. The Morgan fingerprint density at radius 2 is 2.04 bits per heavy atom. The Kier molecular flexibility index (Phi) is 4.57. The van der Waals surface area contributed by atoms with E-state index in [-0.39, 0.29) is 11.9 Å². The number of hydrogen-bond acceptors (Lipinski definition) is 7. The Morgan fingerprint density at radius 3 is 2.74 bits per heavy atom. The number of rotatable bonds is 4. The molecule has 0 aromatic carbocycles. The number of nitrogens with zero attached hydrogens (tertiary/aromatic N) is 6. The lowest BCUT2D eigenvalue weighted by Crippen LogP contribution is -2.45. The van der Waals surface area contributed by atoms with Gasteiger partial charge in [-0.3, -0.25) is 9.20 Å². The summed E-state index contributed by atoms with van der Waals surface area (Å²) in [4.78, 5) is 23.2. The number of carbonyl (C=O) groups excluding carboxylic acids is 1. The molecule has 0 unspecified atom stereocenters. The van der Waals surface area contributed by atoms with E-state index in [0.29, 0.717) is 11.4 Å². The van der Waals surface area contributed by atoms with E-state index in [0.717, 1.165) is 43.2 Å². The van der Waals surface area contributed by atoms with Crippen molar-refractivity contribution in [3.8, 4) is 5.88 Å². The molecule has 0 bridgehead atoms. The average molecular weight is 367 g/mol. The van der Waals surface area contributed by atoms with E-state index in [4.69, 9.17) is 4.74 Å². The van der Waals surface area contributed by atoms with Gasteiger partial charge in [-0.05, 0) is 25.8 Å². The number of aryl methyl sites for hydroxylation is 1. The van der Waals surface area contributed by atoms with Crippen LogP contribution in [0.4, 0.5) is 5.82 Å². The maximum Gasteiger partial charge on any atom is 0.253 e. The maximum atomic E-state index is 12.4. The number of aromatic nitrogens is 5. The third-order valence-corrected chi connectivity index (χ3v) is 4.82. The molecule has 0 spiro atoms. The summed E-state index contributed by atoms with van der Waals surface area (Å²) in [6, 6.07) is 3.52. The van der Waals surface area contributed by atoms with E-state index in [1.807, 2.05) is 17.5 Å². The second-order valence-electron chi connectivity index (χ2n) is 6.52. The minimum Gasteiger partial charge on any atom is -0.481 e. The van der Waals surface area contributed by atoms with Crippen LogP contribution in [-0.2, 0) is 0 Å². The molecule has 140 valence electrons. The number of carbonyl (C=O) groups is 1. The summed E-state index contributed by atoms with van der Waals surface area (Å²) in [5.74, 6) is 2.05. The molecular weight excluding hydrogens is 346 g/mol. The summed E-state index contributed by atoms with van der Waals surface area (Å²) < 4.78 is 6.96. The van der Waals surface area contributed by atoms with Crippen LogP contribution in [0, 0.1) is 6.92 Å². The molecule has 4 heterocycles. The number of hydrogen-bond donors (Lipinski definition) is 1. The normalized spacial score (nSPS) is 15.1. The zero-order chi connectivity index (χ0) is 18.8. The number of anilines is 1. The molecule has 0 atom stereocenters. The summed E-state index contributed by atoms with van der Waals surface area (Å²) in [6.45, 7) is 3.51. The molecule has 3 aromatic heterocycles. The third-order valence-electron chi connectivity index (χ3n) is 4.82. The lowest BCUT2D eigenvalue weighted by atomic mass is 10.0. The molecule has 3 aromatic rings. The SMILES string of the molecule is COc1ccc(C(=O)NC2CCN(c3nccn4c(C)nnc34)CC2)cn1. The molecule has 4 rings (SSSR count). The van der Waals surface area contributed by atoms with Gasteiger partial charge < -0.3 is 15.0 Å². The molecule has 0 radical (unpaired) electrons. The Hall–Kier alpha value is -3.23. The van der Waals surface area contributed by atoms with Gasteiger partial charge in [0.15, 0.2) is 5.82 Å². The average Bonchev–Trinajstić information content (AvgIpc) is 3.10. The number of nitrogens with one attached hydrogen (secondary N) is 1. The van der Waals surface area contributed by atoms with E-state index < -0.39 is 0 Å². The Balaban J connectivity index is 1.39. The number of methoxy groups -OCH3 is 1. The van der Waals surface area contributed by atoms with Crippen LogP contribution in [0.2, 0.25) is 0 Å². The molecule has 27 heavy (non-hydrogen) atoms. The summed E-state index contributed by atoms with van der Waals surface area (Å²) in [5, 5.41) is 11.4. The predicted octanol–water partition coefficient (Wildman–Crippen LogP) is 1.24. The van der Waals surface area contributed by atoms with Crippen LogP contribution in [0.5, 0.6) is 5.88 Å². The fourth-order valence-corrected chi connectivity index (χ4v) is 3.29. The van der Waals surface area contributed by atoms with Crippen LogP contribution in [-0.4, -0.2) is 56.7 Å². The van der Waals surface area contributed by atoms with Gasteiger partial charge in [0.2, 0.25) is 11.5 Å². The highest BCUT2D eigenvalue weighted by Crippen LogP contribution is 2.22. The Labute approximate surface area is 156 Å². The lowest BCUT2D eigenvalue weighted by molar-refractivity contribution is 0.0930.